The SMILES string of the molecule is COc1nc(Cl)ccc1C(C)(C)CON. The monoisotopic (exact) mass is 230 g/mol. The largest absolute Gasteiger partial charge is 0.481 e. The van der Waals surface area contributed by atoms with Gasteiger partial charge >= 0.3 is 0 Å². The molecule has 1 rings (SSSR count). The molecule has 1 aromatic heterocycles. The molecule has 15 heavy (non-hydrogen) atoms. The number of aromatic nitrogens is 1. The van der Waals surface area contributed by atoms with Crippen molar-refractivity contribution in [2.45, 2.75) is 19.3 Å². The number of methoxy groups -OCH3 is 1. The molecule has 0 radical (unpaired) electrons. The molecule has 0 aliphatic rings. The first-order valence-corrected chi connectivity index (χ1v) is 4.92. The van der Waals surface area contributed by atoms with Crippen LogP contribution in [-0.4, -0.2) is 18.7 Å². The van der Waals surface area contributed by atoms with Gasteiger partial charge in [-0.2, -0.15) is 0 Å². The van der Waals surface area contributed by atoms with Gasteiger partial charge in [0.1, 0.15) is 5.15 Å². The summed E-state index contributed by atoms with van der Waals surface area (Å²) in [6.45, 7) is 4.37. The average molecular weight is 231 g/mol. The number of ether oxygens (including phenoxy) is 1. The minimum absolute atomic E-state index is 0.266. The first kappa shape index (κ1) is 12.2. The third kappa shape index (κ3) is 2.81. The van der Waals surface area contributed by atoms with Gasteiger partial charge < -0.3 is 9.57 Å². The van der Waals surface area contributed by atoms with Crippen LogP contribution in [0.2, 0.25) is 5.15 Å². The second-order valence-electron chi connectivity index (χ2n) is 3.89. The van der Waals surface area contributed by atoms with Crippen molar-refractivity contribution in [1.82, 2.24) is 4.98 Å². The van der Waals surface area contributed by atoms with Crippen LogP contribution in [0.25, 0.3) is 0 Å². The number of hydrogen-bond donors (Lipinski definition) is 1. The Bertz CT molecular complexity index is 342. The number of halogens is 1. The molecule has 0 saturated heterocycles. The Morgan fingerprint density at radius 3 is 2.67 bits per heavy atom. The van der Waals surface area contributed by atoms with Crippen LogP contribution in [0.15, 0.2) is 12.1 Å². The lowest BCUT2D eigenvalue weighted by Crippen LogP contribution is -2.27. The van der Waals surface area contributed by atoms with Crippen molar-refractivity contribution in [3.8, 4) is 5.88 Å². The second-order valence-corrected chi connectivity index (χ2v) is 4.27. The van der Waals surface area contributed by atoms with E-state index in [1.807, 2.05) is 19.9 Å². The second kappa shape index (κ2) is 4.79. The van der Waals surface area contributed by atoms with E-state index in [0.29, 0.717) is 17.6 Å². The van der Waals surface area contributed by atoms with Gasteiger partial charge in [0.25, 0.3) is 0 Å². The van der Waals surface area contributed by atoms with Crippen molar-refractivity contribution in [3.05, 3.63) is 22.8 Å². The summed E-state index contributed by atoms with van der Waals surface area (Å²) in [4.78, 5) is 8.76. The lowest BCUT2D eigenvalue weighted by Gasteiger charge is -2.24. The van der Waals surface area contributed by atoms with Crippen LogP contribution in [0.3, 0.4) is 0 Å². The Morgan fingerprint density at radius 2 is 2.13 bits per heavy atom. The van der Waals surface area contributed by atoms with Crippen LogP contribution in [-0.2, 0) is 10.3 Å². The zero-order valence-corrected chi connectivity index (χ0v) is 9.84. The molecule has 0 spiro atoms. The smallest absolute Gasteiger partial charge is 0.218 e. The highest BCUT2D eigenvalue weighted by Crippen LogP contribution is 2.31. The summed E-state index contributed by atoms with van der Waals surface area (Å²) in [6, 6.07) is 3.59. The number of rotatable bonds is 4. The maximum Gasteiger partial charge on any atom is 0.218 e. The van der Waals surface area contributed by atoms with E-state index in [4.69, 9.17) is 22.2 Å². The molecule has 0 bridgehead atoms. The Balaban J connectivity index is 3.12. The van der Waals surface area contributed by atoms with Crippen molar-refractivity contribution < 1.29 is 9.57 Å². The van der Waals surface area contributed by atoms with E-state index < -0.39 is 0 Å². The van der Waals surface area contributed by atoms with Gasteiger partial charge in [0.15, 0.2) is 0 Å². The molecule has 0 aliphatic heterocycles. The van der Waals surface area contributed by atoms with Gasteiger partial charge in [-0.05, 0) is 12.1 Å². The van der Waals surface area contributed by atoms with Crippen LogP contribution in [0.5, 0.6) is 5.88 Å². The number of nitrogens with two attached hydrogens (primary N) is 1. The summed E-state index contributed by atoms with van der Waals surface area (Å²) in [6.07, 6.45) is 0. The quantitative estimate of drug-likeness (QED) is 0.634. The van der Waals surface area contributed by atoms with Gasteiger partial charge in [0.05, 0.1) is 13.7 Å². The highest BCUT2D eigenvalue weighted by Gasteiger charge is 2.25. The maximum absolute atomic E-state index is 5.78. The van der Waals surface area contributed by atoms with E-state index in [2.05, 4.69) is 9.82 Å². The molecule has 0 amide bonds. The molecule has 0 atom stereocenters. The molecule has 0 saturated carbocycles. The number of nitrogens with zero attached hydrogens (tertiary/aromatic N) is 1. The molecule has 0 aliphatic carbocycles. The van der Waals surface area contributed by atoms with Crippen molar-refractivity contribution >= 4 is 11.6 Å². The Morgan fingerprint density at radius 1 is 1.47 bits per heavy atom. The first-order chi connectivity index (χ1) is 7.01. The molecular weight excluding hydrogens is 216 g/mol. The average Bonchev–Trinajstić information content (AvgIpc) is 2.17. The highest BCUT2D eigenvalue weighted by molar-refractivity contribution is 6.29. The Kier molecular flexibility index (Phi) is 3.90. The van der Waals surface area contributed by atoms with Gasteiger partial charge in [0.2, 0.25) is 5.88 Å². The molecule has 84 valence electrons. The Hall–Kier alpha value is -0.840. The van der Waals surface area contributed by atoms with Crippen LogP contribution < -0.4 is 10.6 Å². The van der Waals surface area contributed by atoms with Crippen LogP contribution in [0.1, 0.15) is 19.4 Å². The normalized spacial score (nSPS) is 11.5. The van der Waals surface area contributed by atoms with E-state index in [1.165, 1.54) is 0 Å². The van der Waals surface area contributed by atoms with Crippen molar-refractivity contribution in [1.29, 1.82) is 0 Å². The van der Waals surface area contributed by atoms with Gasteiger partial charge in [-0.25, -0.2) is 10.9 Å². The van der Waals surface area contributed by atoms with Crippen LogP contribution >= 0.6 is 11.6 Å². The Labute approximate surface area is 94.3 Å². The van der Waals surface area contributed by atoms with E-state index in [9.17, 15) is 0 Å². The summed E-state index contributed by atoms with van der Waals surface area (Å²) in [7, 11) is 1.56. The molecular formula is C10H15ClN2O2. The molecule has 5 heteroatoms. The van der Waals surface area contributed by atoms with Crippen molar-refractivity contribution in [2.75, 3.05) is 13.7 Å². The lowest BCUT2D eigenvalue weighted by atomic mass is 9.86. The fourth-order valence-electron chi connectivity index (χ4n) is 1.37. The molecule has 0 fully saturated rings. The third-order valence-electron chi connectivity index (χ3n) is 2.19. The molecule has 4 nitrogen and oxygen atoms in total. The minimum atomic E-state index is -0.266. The highest BCUT2D eigenvalue weighted by atomic mass is 35.5. The zero-order chi connectivity index (χ0) is 11.5. The summed E-state index contributed by atoms with van der Waals surface area (Å²) in [5, 5.41) is 0.403. The number of hydrogen-bond acceptors (Lipinski definition) is 4. The van der Waals surface area contributed by atoms with Crippen LogP contribution in [0, 0.1) is 0 Å². The summed E-state index contributed by atoms with van der Waals surface area (Å²) in [5.41, 5.74) is 0.650. The zero-order valence-electron chi connectivity index (χ0n) is 9.08. The van der Waals surface area contributed by atoms with Gasteiger partial charge in [-0.15, -0.1) is 0 Å². The molecule has 1 aromatic rings. The van der Waals surface area contributed by atoms with Gasteiger partial charge in [0, 0.05) is 11.0 Å². The molecule has 0 aromatic carbocycles. The molecule has 1 heterocycles. The van der Waals surface area contributed by atoms with E-state index in [1.54, 1.807) is 13.2 Å². The summed E-state index contributed by atoms with van der Waals surface area (Å²) >= 11 is 5.78. The topological polar surface area (TPSA) is 57.4 Å². The predicted molar refractivity (Wildman–Crippen MR) is 59.0 cm³/mol. The van der Waals surface area contributed by atoms with Gasteiger partial charge in [-0.1, -0.05) is 25.4 Å². The van der Waals surface area contributed by atoms with Crippen molar-refractivity contribution in [2.24, 2.45) is 5.90 Å². The number of pyridine rings is 1. The molecule has 2 N–H and O–H groups in total. The van der Waals surface area contributed by atoms with E-state index in [0.717, 1.165) is 5.56 Å². The lowest BCUT2D eigenvalue weighted by molar-refractivity contribution is 0.0951. The standard InChI is InChI=1S/C10H15ClN2O2/c1-10(2,6-15-12)7-4-5-8(11)13-9(7)14-3/h4-5H,6,12H2,1-3H3. The maximum atomic E-state index is 5.78. The molecule has 0 unspecified atom stereocenters. The van der Waals surface area contributed by atoms with Gasteiger partial charge in [-0.3, -0.25) is 0 Å². The van der Waals surface area contributed by atoms with Crippen LogP contribution in [0.4, 0.5) is 0 Å². The first-order valence-electron chi connectivity index (χ1n) is 4.54. The third-order valence-corrected chi connectivity index (χ3v) is 2.40. The fourth-order valence-corrected chi connectivity index (χ4v) is 1.51. The van der Waals surface area contributed by atoms with Crippen molar-refractivity contribution in [3.63, 3.8) is 0 Å². The summed E-state index contributed by atoms with van der Waals surface area (Å²) in [5.74, 6) is 5.59. The van der Waals surface area contributed by atoms with E-state index >= 15 is 0 Å². The van der Waals surface area contributed by atoms with E-state index in [-0.39, 0.29) is 5.41 Å². The fraction of sp³-hybridized carbons (Fsp3) is 0.500. The predicted octanol–water partition coefficient (Wildman–Crippen LogP) is 1.91. The summed E-state index contributed by atoms with van der Waals surface area (Å²) < 4.78 is 5.17. The minimum Gasteiger partial charge on any atom is -0.481 e.